The summed E-state index contributed by atoms with van der Waals surface area (Å²) in [5.74, 6) is -0.411. The highest BCUT2D eigenvalue weighted by atomic mass is 16.1. The predicted molar refractivity (Wildman–Crippen MR) is 130 cm³/mol. The molecule has 0 fully saturated rings. The number of amides is 1. The van der Waals surface area contributed by atoms with Crippen LogP contribution in [0.15, 0.2) is 78.5 Å². The topological polar surface area (TPSA) is 57.8 Å². The summed E-state index contributed by atoms with van der Waals surface area (Å²) in [6, 6.07) is 24.3. The maximum Gasteiger partial charge on any atom is 0.266 e. The predicted octanol–water partition coefficient (Wildman–Crippen LogP) is 6.16. The van der Waals surface area contributed by atoms with E-state index in [4.69, 9.17) is 0 Å². The molecule has 0 saturated heterocycles. The molecule has 0 aliphatic rings. The number of aryl methyl sites for hydroxylation is 3. The van der Waals surface area contributed by atoms with Crippen LogP contribution in [0.3, 0.4) is 0 Å². The van der Waals surface area contributed by atoms with Crippen molar-refractivity contribution in [3.05, 3.63) is 106 Å². The van der Waals surface area contributed by atoms with Crippen molar-refractivity contribution < 1.29 is 4.79 Å². The number of carbonyl (C=O) groups excluding carboxylic acids is 1. The first-order valence-electron chi connectivity index (χ1n) is 10.6. The van der Waals surface area contributed by atoms with Gasteiger partial charge in [0.25, 0.3) is 5.91 Å². The molecule has 4 nitrogen and oxygen atoms in total. The van der Waals surface area contributed by atoms with Crippen LogP contribution >= 0.6 is 0 Å². The van der Waals surface area contributed by atoms with Gasteiger partial charge in [0, 0.05) is 34.9 Å². The van der Waals surface area contributed by atoms with Gasteiger partial charge < -0.3 is 9.88 Å². The first-order chi connectivity index (χ1) is 15.4. The molecule has 1 aromatic heterocycles. The fourth-order valence-corrected chi connectivity index (χ4v) is 3.73. The molecule has 1 heterocycles. The number of fused-ring (bicyclic) bond motifs is 1. The molecule has 0 aliphatic heterocycles. The highest BCUT2D eigenvalue weighted by molar-refractivity contribution is 6.10. The molecule has 3 aromatic carbocycles. The number of aromatic nitrogens is 1. The second-order valence-electron chi connectivity index (χ2n) is 8.14. The van der Waals surface area contributed by atoms with Gasteiger partial charge in [0.2, 0.25) is 0 Å². The van der Waals surface area contributed by atoms with E-state index in [1.54, 1.807) is 6.08 Å². The molecule has 4 heteroatoms. The van der Waals surface area contributed by atoms with E-state index in [2.05, 4.69) is 53.2 Å². The Hall–Kier alpha value is -4.10. The summed E-state index contributed by atoms with van der Waals surface area (Å²) >= 11 is 0. The Morgan fingerprint density at radius 3 is 2.47 bits per heavy atom. The maximum atomic E-state index is 12.8. The normalized spacial score (nSPS) is 11.4. The standard InChI is InChI=1S/C28H25N3O/c1-19-8-11-22(12-9-19)17-31-18-24(26-6-4-5-7-27(26)31)15-23(16-29)28(32)30-25-13-10-20(2)21(3)14-25/h4-15,18H,17H2,1-3H3,(H,30,32)/b23-15+. The first-order valence-corrected chi connectivity index (χ1v) is 10.6. The molecular formula is C28H25N3O. The van der Waals surface area contributed by atoms with Crippen LogP contribution < -0.4 is 5.32 Å². The van der Waals surface area contributed by atoms with Crippen LogP contribution in [0.5, 0.6) is 0 Å². The summed E-state index contributed by atoms with van der Waals surface area (Å²) < 4.78 is 2.15. The Morgan fingerprint density at radius 2 is 1.75 bits per heavy atom. The molecule has 0 saturated carbocycles. The Labute approximate surface area is 188 Å². The summed E-state index contributed by atoms with van der Waals surface area (Å²) in [4.78, 5) is 12.8. The van der Waals surface area contributed by atoms with Gasteiger partial charge in [-0.2, -0.15) is 5.26 Å². The van der Waals surface area contributed by atoms with Crippen molar-refractivity contribution in [3.8, 4) is 6.07 Å². The van der Waals surface area contributed by atoms with Gasteiger partial charge in [-0.15, -0.1) is 0 Å². The van der Waals surface area contributed by atoms with E-state index in [0.717, 1.165) is 27.6 Å². The number of hydrogen-bond acceptors (Lipinski definition) is 2. The minimum atomic E-state index is -0.411. The summed E-state index contributed by atoms with van der Waals surface area (Å²) in [6.45, 7) is 6.80. The number of benzene rings is 3. The largest absolute Gasteiger partial charge is 0.342 e. The van der Waals surface area contributed by atoms with E-state index >= 15 is 0 Å². The maximum absolute atomic E-state index is 12.8. The lowest BCUT2D eigenvalue weighted by atomic mass is 10.1. The molecule has 0 aliphatic carbocycles. The average molecular weight is 420 g/mol. The van der Waals surface area contributed by atoms with Crippen LogP contribution in [0.4, 0.5) is 5.69 Å². The number of hydrogen-bond donors (Lipinski definition) is 1. The van der Waals surface area contributed by atoms with E-state index in [9.17, 15) is 10.1 Å². The van der Waals surface area contributed by atoms with Crippen molar-refractivity contribution in [3.63, 3.8) is 0 Å². The highest BCUT2D eigenvalue weighted by Crippen LogP contribution is 2.25. The lowest BCUT2D eigenvalue weighted by Gasteiger charge is -2.07. The third-order valence-corrected chi connectivity index (χ3v) is 5.72. The smallest absolute Gasteiger partial charge is 0.266 e. The average Bonchev–Trinajstić information content (AvgIpc) is 3.13. The first kappa shape index (κ1) is 21.1. The minimum absolute atomic E-state index is 0.0708. The van der Waals surface area contributed by atoms with Gasteiger partial charge in [0.15, 0.2) is 0 Å². The van der Waals surface area contributed by atoms with Crippen LogP contribution in [0.25, 0.3) is 17.0 Å². The molecule has 0 bridgehead atoms. The fraction of sp³-hybridized carbons (Fsp3) is 0.143. The second-order valence-corrected chi connectivity index (χ2v) is 8.14. The molecule has 0 radical (unpaired) electrons. The third-order valence-electron chi connectivity index (χ3n) is 5.72. The Morgan fingerprint density at radius 1 is 1.00 bits per heavy atom. The van der Waals surface area contributed by atoms with Crippen molar-refractivity contribution in [1.82, 2.24) is 4.57 Å². The van der Waals surface area contributed by atoms with E-state index in [-0.39, 0.29) is 5.57 Å². The van der Waals surface area contributed by atoms with Crippen LogP contribution in [0, 0.1) is 32.1 Å². The second kappa shape index (κ2) is 8.95. The monoisotopic (exact) mass is 419 g/mol. The Bertz CT molecular complexity index is 1370. The van der Waals surface area contributed by atoms with E-state index in [1.807, 2.05) is 56.4 Å². The SMILES string of the molecule is Cc1ccc(Cn2cc(/C=C(\C#N)C(=O)Nc3ccc(C)c(C)c3)c3ccccc32)cc1. The number of nitrogens with one attached hydrogen (secondary N) is 1. The van der Waals surface area contributed by atoms with Crippen LogP contribution in [0.2, 0.25) is 0 Å². The molecule has 1 amide bonds. The number of nitriles is 1. The Kier molecular flexibility index (Phi) is 5.91. The number of nitrogens with zero attached hydrogens (tertiary/aromatic N) is 2. The fourth-order valence-electron chi connectivity index (χ4n) is 3.73. The molecule has 32 heavy (non-hydrogen) atoms. The van der Waals surface area contributed by atoms with Gasteiger partial charge in [-0.05, 0) is 61.7 Å². The third kappa shape index (κ3) is 4.48. The molecule has 1 N–H and O–H groups in total. The van der Waals surface area contributed by atoms with Gasteiger partial charge in [0.05, 0.1) is 0 Å². The summed E-state index contributed by atoms with van der Waals surface area (Å²) in [6.07, 6.45) is 3.68. The number of carbonyl (C=O) groups is 1. The zero-order valence-electron chi connectivity index (χ0n) is 18.5. The molecule has 4 rings (SSSR count). The van der Waals surface area contributed by atoms with Gasteiger partial charge in [-0.25, -0.2) is 0 Å². The number of para-hydroxylation sites is 1. The van der Waals surface area contributed by atoms with E-state index < -0.39 is 5.91 Å². The molecule has 0 spiro atoms. The van der Waals surface area contributed by atoms with Gasteiger partial charge in [-0.1, -0.05) is 54.1 Å². The lowest BCUT2D eigenvalue weighted by Crippen LogP contribution is -2.13. The van der Waals surface area contributed by atoms with Crippen molar-refractivity contribution in [2.45, 2.75) is 27.3 Å². The van der Waals surface area contributed by atoms with Crippen LogP contribution in [-0.4, -0.2) is 10.5 Å². The van der Waals surface area contributed by atoms with E-state index in [0.29, 0.717) is 12.2 Å². The summed E-state index contributed by atoms with van der Waals surface area (Å²) in [5, 5.41) is 13.5. The molecule has 4 aromatic rings. The quantitative estimate of drug-likeness (QED) is 0.311. The van der Waals surface area contributed by atoms with Gasteiger partial charge in [-0.3, -0.25) is 4.79 Å². The zero-order chi connectivity index (χ0) is 22.7. The van der Waals surface area contributed by atoms with Crippen molar-refractivity contribution >= 4 is 28.6 Å². The molecule has 0 atom stereocenters. The van der Waals surface area contributed by atoms with Crippen molar-refractivity contribution in [1.29, 1.82) is 5.26 Å². The van der Waals surface area contributed by atoms with Crippen LogP contribution in [0.1, 0.15) is 27.8 Å². The molecule has 158 valence electrons. The van der Waals surface area contributed by atoms with Gasteiger partial charge >= 0.3 is 0 Å². The summed E-state index contributed by atoms with van der Waals surface area (Å²) in [7, 11) is 0. The van der Waals surface area contributed by atoms with Crippen molar-refractivity contribution in [2.24, 2.45) is 0 Å². The van der Waals surface area contributed by atoms with Gasteiger partial charge in [0.1, 0.15) is 11.6 Å². The van der Waals surface area contributed by atoms with E-state index in [1.165, 1.54) is 11.1 Å². The van der Waals surface area contributed by atoms with Crippen LogP contribution in [-0.2, 0) is 11.3 Å². The lowest BCUT2D eigenvalue weighted by molar-refractivity contribution is -0.112. The summed E-state index contributed by atoms with van der Waals surface area (Å²) in [5.41, 5.74) is 7.32. The number of rotatable bonds is 5. The van der Waals surface area contributed by atoms with Crippen molar-refractivity contribution in [2.75, 3.05) is 5.32 Å². The zero-order valence-corrected chi connectivity index (χ0v) is 18.5. The molecular weight excluding hydrogens is 394 g/mol. The molecule has 0 unspecified atom stereocenters. The Balaban J connectivity index is 1.66. The number of anilines is 1. The minimum Gasteiger partial charge on any atom is -0.342 e. The highest BCUT2D eigenvalue weighted by Gasteiger charge is 2.13.